The number of nitrogens with zero attached hydrogens (tertiary/aromatic N) is 1. The lowest BCUT2D eigenvalue weighted by Crippen LogP contribution is -2.56. The summed E-state index contributed by atoms with van der Waals surface area (Å²) in [4.78, 5) is 31.8. The quantitative estimate of drug-likeness (QED) is 0.422. The molecule has 10 heteroatoms. The highest BCUT2D eigenvalue weighted by molar-refractivity contribution is 6.09. The van der Waals surface area contributed by atoms with Gasteiger partial charge in [-0.05, 0) is 6.92 Å². The van der Waals surface area contributed by atoms with E-state index in [4.69, 9.17) is 5.11 Å². The van der Waals surface area contributed by atoms with Crippen LogP contribution in [0, 0.1) is 0 Å². The summed E-state index contributed by atoms with van der Waals surface area (Å²) in [5.41, 5.74) is -3.32. The second kappa shape index (κ2) is 3.57. The Balaban J connectivity index is 3.14. The number of imide groups is 1. The molecule has 0 radical (unpaired) electrons. The molecular formula is C7H6F4N2O4. The molecule has 96 valence electrons. The Morgan fingerprint density at radius 3 is 2.24 bits per heavy atom. The Hall–Kier alpha value is -1.87. The summed E-state index contributed by atoms with van der Waals surface area (Å²) in [6.07, 6.45) is -8.32. The summed E-state index contributed by atoms with van der Waals surface area (Å²) in [6.45, 7) is 0.321. The van der Waals surface area contributed by atoms with Gasteiger partial charge >= 0.3 is 18.2 Å². The Morgan fingerprint density at radius 1 is 1.47 bits per heavy atom. The molecule has 6 nitrogen and oxygen atoms in total. The Morgan fingerprint density at radius 2 is 1.94 bits per heavy atom. The first-order valence-corrected chi connectivity index (χ1v) is 4.12. The topological polar surface area (TPSA) is 86.7 Å². The highest BCUT2D eigenvalue weighted by atomic mass is 19.4. The van der Waals surface area contributed by atoms with Crippen LogP contribution in [0.2, 0.25) is 0 Å². The van der Waals surface area contributed by atoms with Gasteiger partial charge in [0.05, 0.1) is 0 Å². The van der Waals surface area contributed by atoms with Crippen molar-refractivity contribution in [1.82, 2.24) is 10.2 Å². The van der Waals surface area contributed by atoms with Crippen molar-refractivity contribution in [2.75, 3.05) is 0 Å². The maximum absolute atomic E-state index is 12.9. The SMILES string of the molecule is CC1(C(F)(F)F)NC(=O)N(C(F)C(=O)O)C1=O. The fourth-order valence-corrected chi connectivity index (χ4v) is 1.17. The second-order valence-electron chi connectivity index (χ2n) is 3.40. The maximum Gasteiger partial charge on any atom is 0.420 e. The third-order valence-corrected chi connectivity index (χ3v) is 2.22. The number of urea groups is 1. The van der Waals surface area contributed by atoms with Crippen molar-refractivity contribution < 1.29 is 37.1 Å². The number of nitrogens with one attached hydrogen (secondary N) is 1. The average Bonchev–Trinajstić information content (AvgIpc) is 2.37. The van der Waals surface area contributed by atoms with Gasteiger partial charge in [0.25, 0.3) is 12.2 Å². The van der Waals surface area contributed by atoms with Crippen molar-refractivity contribution in [2.45, 2.75) is 24.9 Å². The van der Waals surface area contributed by atoms with Gasteiger partial charge in [0.1, 0.15) is 0 Å². The highest BCUT2D eigenvalue weighted by Gasteiger charge is 2.66. The zero-order valence-electron chi connectivity index (χ0n) is 8.21. The van der Waals surface area contributed by atoms with Gasteiger partial charge in [-0.3, -0.25) is 4.79 Å². The molecule has 0 aromatic rings. The molecule has 0 aliphatic carbocycles. The van der Waals surface area contributed by atoms with Crippen LogP contribution in [-0.2, 0) is 9.59 Å². The number of rotatable bonds is 2. The minimum Gasteiger partial charge on any atom is -0.478 e. The molecule has 0 spiro atoms. The first-order chi connectivity index (χ1) is 7.52. The Kier molecular flexibility index (Phi) is 2.77. The molecule has 1 fully saturated rings. The molecule has 17 heavy (non-hydrogen) atoms. The van der Waals surface area contributed by atoms with E-state index in [0.717, 1.165) is 0 Å². The number of carbonyl (C=O) groups excluding carboxylic acids is 2. The average molecular weight is 258 g/mol. The zero-order valence-corrected chi connectivity index (χ0v) is 8.21. The molecule has 0 bridgehead atoms. The van der Waals surface area contributed by atoms with Crippen LogP contribution < -0.4 is 5.32 Å². The molecule has 1 aliphatic heterocycles. The second-order valence-corrected chi connectivity index (χ2v) is 3.40. The first-order valence-electron chi connectivity index (χ1n) is 4.12. The molecule has 2 unspecified atom stereocenters. The van der Waals surface area contributed by atoms with E-state index in [1.165, 1.54) is 5.32 Å². The van der Waals surface area contributed by atoms with Crippen molar-refractivity contribution in [3.63, 3.8) is 0 Å². The number of amides is 3. The van der Waals surface area contributed by atoms with E-state index in [1.807, 2.05) is 0 Å². The molecule has 0 aromatic heterocycles. The third kappa shape index (κ3) is 1.78. The van der Waals surface area contributed by atoms with Crippen LogP contribution in [0.15, 0.2) is 0 Å². The molecule has 3 amide bonds. The van der Waals surface area contributed by atoms with Crippen LogP contribution in [0.1, 0.15) is 6.92 Å². The number of carbonyl (C=O) groups is 3. The number of aliphatic carboxylic acids is 1. The van der Waals surface area contributed by atoms with Gasteiger partial charge in [-0.2, -0.15) is 13.2 Å². The smallest absolute Gasteiger partial charge is 0.420 e. The first kappa shape index (κ1) is 13.2. The number of hydrogen-bond acceptors (Lipinski definition) is 3. The predicted molar refractivity (Wildman–Crippen MR) is 42.4 cm³/mol. The normalized spacial score (nSPS) is 27.0. The molecule has 2 atom stereocenters. The minimum atomic E-state index is -5.16. The number of alkyl halides is 4. The Bertz CT molecular complexity index is 396. The maximum atomic E-state index is 12.9. The lowest BCUT2D eigenvalue weighted by Gasteiger charge is -2.24. The van der Waals surface area contributed by atoms with Gasteiger partial charge in [-0.1, -0.05) is 0 Å². The zero-order chi connectivity index (χ0) is 13.6. The molecule has 2 N–H and O–H groups in total. The number of carboxylic acid groups (broad SMARTS) is 1. The van der Waals surface area contributed by atoms with Gasteiger partial charge in [0, 0.05) is 0 Å². The lowest BCUT2D eigenvalue weighted by atomic mass is 10.0. The fourth-order valence-electron chi connectivity index (χ4n) is 1.17. The van der Waals surface area contributed by atoms with Crippen LogP contribution in [0.5, 0.6) is 0 Å². The van der Waals surface area contributed by atoms with E-state index in [9.17, 15) is 31.9 Å². The summed E-state index contributed by atoms with van der Waals surface area (Å²) < 4.78 is 50.4. The van der Waals surface area contributed by atoms with Crippen molar-refractivity contribution >= 4 is 17.9 Å². The van der Waals surface area contributed by atoms with Gasteiger partial charge in [0.2, 0.25) is 5.54 Å². The molecule has 0 aromatic carbocycles. The van der Waals surface area contributed by atoms with E-state index in [1.54, 1.807) is 0 Å². The molecule has 1 saturated heterocycles. The van der Waals surface area contributed by atoms with E-state index >= 15 is 0 Å². The lowest BCUT2D eigenvalue weighted by molar-refractivity contribution is -0.193. The number of hydrogen-bond donors (Lipinski definition) is 2. The van der Waals surface area contributed by atoms with Crippen LogP contribution >= 0.6 is 0 Å². The van der Waals surface area contributed by atoms with Crippen LogP contribution in [-0.4, -0.2) is 45.9 Å². The van der Waals surface area contributed by atoms with Gasteiger partial charge in [0.15, 0.2) is 0 Å². The van der Waals surface area contributed by atoms with E-state index in [2.05, 4.69) is 0 Å². The summed E-state index contributed by atoms with van der Waals surface area (Å²) in [6, 6.07) is -1.75. The summed E-state index contributed by atoms with van der Waals surface area (Å²) in [5.74, 6) is -4.23. The van der Waals surface area contributed by atoms with Gasteiger partial charge in [-0.25, -0.2) is 18.9 Å². The van der Waals surface area contributed by atoms with Crippen LogP contribution in [0.25, 0.3) is 0 Å². The molecule has 0 saturated carbocycles. The van der Waals surface area contributed by atoms with Crippen molar-refractivity contribution in [1.29, 1.82) is 0 Å². The summed E-state index contributed by atoms with van der Waals surface area (Å²) in [7, 11) is 0. The molecular weight excluding hydrogens is 252 g/mol. The minimum absolute atomic E-state index is 0.321. The summed E-state index contributed by atoms with van der Waals surface area (Å²) in [5, 5.41) is 9.44. The van der Waals surface area contributed by atoms with Crippen molar-refractivity contribution in [2.24, 2.45) is 0 Å². The molecule has 1 heterocycles. The standard InChI is InChI=1S/C7H6F4N2O4/c1-6(7(9,10)11)4(16)13(5(17)12-6)2(8)3(14)15/h2H,1H3,(H,12,17)(H,14,15). The number of halogens is 4. The van der Waals surface area contributed by atoms with Crippen LogP contribution in [0.4, 0.5) is 22.4 Å². The van der Waals surface area contributed by atoms with Gasteiger partial charge in [-0.15, -0.1) is 0 Å². The fraction of sp³-hybridized carbons (Fsp3) is 0.571. The van der Waals surface area contributed by atoms with E-state index < -0.39 is 40.8 Å². The molecule has 1 rings (SSSR count). The Labute approximate surface area is 91.2 Å². The van der Waals surface area contributed by atoms with Crippen molar-refractivity contribution in [3.8, 4) is 0 Å². The predicted octanol–water partition coefficient (Wildman–Crippen LogP) is 0.239. The van der Waals surface area contributed by atoms with E-state index in [0.29, 0.717) is 6.92 Å². The van der Waals surface area contributed by atoms with Gasteiger partial charge < -0.3 is 10.4 Å². The largest absolute Gasteiger partial charge is 0.478 e. The highest BCUT2D eigenvalue weighted by Crippen LogP contribution is 2.35. The monoisotopic (exact) mass is 258 g/mol. The van der Waals surface area contributed by atoms with Crippen LogP contribution in [0.3, 0.4) is 0 Å². The number of carboxylic acids is 1. The van der Waals surface area contributed by atoms with E-state index in [-0.39, 0.29) is 0 Å². The van der Waals surface area contributed by atoms with Crippen molar-refractivity contribution in [3.05, 3.63) is 0 Å². The third-order valence-electron chi connectivity index (χ3n) is 2.22. The summed E-state index contributed by atoms with van der Waals surface area (Å²) >= 11 is 0. The molecule has 1 aliphatic rings.